The molecule has 0 aliphatic carbocycles. The van der Waals surface area contributed by atoms with Gasteiger partial charge in [0.2, 0.25) is 0 Å². The number of hydrogen-bond donors (Lipinski definition) is 2. The fraction of sp³-hybridized carbons (Fsp3) is 0.333. The first-order valence-electron chi connectivity index (χ1n) is 7.97. The molecule has 0 aliphatic heterocycles. The normalized spacial score (nSPS) is 10.2. The highest BCUT2D eigenvalue weighted by Gasteiger charge is 2.05. The molecule has 1 aromatic carbocycles. The molecule has 0 saturated heterocycles. The third-order valence-corrected chi connectivity index (χ3v) is 3.28. The number of carbonyl (C=O) groups excluding carboxylic acids is 1. The largest absolute Gasteiger partial charge is 0.494 e. The summed E-state index contributed by atoms with van der Waals surface area (Å²) < 4.78 is 5.41. The maximum Gasteiger partial charge on any atom is 0.252 e. The number of rotatable bonds is 8. The van der Waals surface area contributed by atoms with Gasteiger partial charge in [0.05, 0.1) is 12.2 Å². The predicted molar refractivity (Wildman–Crippen MR) is 92.4 cm³/mol. The van der Waals surface area contributed by atoms with Crippen LogP contribution in [0.4, 0.5) is 11.5 Å². The van der Waals surface area contributed by atoms with Crippen molar-refractivity contribution in [3.63, 3.8) is 0 Å². The molecule has 0 atom stereocenters. The van der Waals surface area contributed by atoms with Gasteiger partial charge in [-0.2, -0.15) is 0 Å². The molecule has 0 spiro atoms. The summed E-state index contributed by atoms with van der Waals surface area (Å²) >= 11 is 0. The average Bonchev–Trinajstić information content (AvgIpc) is 2.58. The molecule has 0 radical (unpaired) electrons. The van der Waals surface area contributed by atoms with Crippen LogP contribution in [0.15, 0.2) is 42.6 Å². The van der Waals surface area contributed by atoms with Crippen molar-refractivity contribution in [1.82, 2.24) is 10.3 Å². The van der Waals surface area contributed by atoms with Crippen LogP contribution in [0, 0.1) is 0 Å². The lowest BCUT2D eigenvalue weighted by atomic mass is 10.2. The van der Waals surface area contributed by atoms with E-state index in [1.807, 2.05) is 31.2 Å². The third kappa shape index (κ3) is 5.29. The first kappa shape index (κ1) is 16.8. The maximum absolute atomic E-state index is 11.9. The van der Waals surface area contributed by atoms with Crippen LogP contribution < -0.4 is 15.4 Å². The first-order chi connectivity index (χ1) is 11.2. The molecule has 0 fully saturated rings. The number of nitrogens with zero attached hydrogens (tertiary/aromatic N) is 1. The fourth-order valence-corrected chi connectivity index (χ4v) is 2.03. The number of carbonyl (C=O) groups is 1. The van der Waals surface area contributed by atoms with E-state index in [0.717, 1.165) is 24.3 Å². The number of hydrogen-bond acceptors (Lipinski definition) is 4. The second-order valence-electron chi connectivity index (χ2n) is 5.12. The molecule has 122 valence electrons. The maximum atomic E-state index is 11.9. The number of pyridine rings is 1. The van der Waals surface area contributed by atoms with E-state index in [0.29, 0.717) is 24.5 Å². The second-order valence-corrected chi connectivity index (χ2v) is 5.12. The Kier molecular flexibility index (Phi) is 6.41. The van der Waals surface area contributed by atoms with Crippen LogP contribution in [0.1, 0.15) is 37.0 Å². The van der Waals surface area contributed by atoms with Gasteiger partial charge in [0.15, 0.2) is 0 Å². The minimum atomic E-state index is -0.0847. The Balaban J connectivity index is 1.92. The molecular formula is C18H23N3O2. The molecule has 2 rings (SSSR count). The molecule has 1 aromatic heterocycles. The van der Waals surface area contributed by atoms with Crippen LogP contribution in [0.3, 0.4) is 0 Å². The SMILES string of the molecule is CCCCNC(=O)c1ccc(Nc2ccc(OCC)cc2)nc1. The van der Waals surface area contributed by atoms with Crippen LogP contribution in [0.2, 0.25) is 0 Å². The van der Waals surface area contributed by atoms with E-state index < -0.39 is 0 Å². The van der Waals surface area contributed by atoms with Gasteiger partial charge in [-0.1, -0.05) is 13.3 Å². The molecule has 0 saturated carbocycles. The minimum absolute atomic E-state index is 0.0847. The lowest BCUT2D eigenvalue weighted by molar-refractivity contribution is 0.0953. The molecule has 5 nitrogen and oxygen atoms in total. The van der Waals surface area contributed by atoms with Crippen LogP contribution in [0.5, 0.6) is 5.75 Å². The summed E-state index contributed by atoms with van der Waals surface area (Å²) in [6, 6.07) is 11.2. The van der Waals surface area contributed by atoms with Crippen LogP contribution >= 0.6 is 0 Å². The molecule has 1 amide bonds. The van der Waals surface area contributed by atoms with E-state index in [-0.39, 0.29) is 5.91 Å². The van der Waals surface area contributed by atoms with Crippen molar-refractivity contribution in [3.8, 4) is 5.75 Å². The number of nitrogens with one attached hydrogen (secondary N) is 2. The molecule has 5 heteroatoms. The molecular weight excluding hydrogens is 290 g/mol. The van der Waals surface area contributed by atoms with Crippen LogP contribution in [-0.2, 0) is 0 Å². The quantitative estimate of drug-likeness (QED) is 0.729. The topological polar surface area (TPSA) is 63.2 Å². The van der Waals surface area contributed by atoms with E-state index in [4.69, 9.17) is 4.74 Å². The van der Waals surface area contributed by atoms with E-state index >= 15 is 0 Å². The number of ether oxygens (including phenoxy) is 1. The molecule has 2 aromatic rings. The van der Waals surface area contributed by atoms with Gasteiger partial charge in [-0.15, -0.1) is 0 Å². The molecule has 0 aliphatic rings. The number of unbranched alkanes of at least 4 members (excludes halogenated alkanes) is 1. The predicted octanol–water partition coefficient (Wildman–Crippen LogP) is 3.75. The van der Waals surface area contributed by atoms with Gasteiger partial charge in [0, 0.05) is 18.4 Å². The van der Waals surface area contributed by atoms with Gasteiger partial charge < -0.3 is 15.4 Å². The van der Waals surface area contributed by atoms with Crippen molar-refractivity contribution < 1.29 is 9.53 Å². The standard InChI is InChI=1S/C18H23N3O2/c1-3-5-12-19-18(22)14-6-11-17(20-13-14)21-15-7-9-16(10-8-15)23-4-2/h6-11,13H,3-5,12H2,1-2H3,(H,19,22)(H,20,21). The molecule has 0 unspecified atom stereocenters. The summed E-state index contributed by atoms with van der Waals surface area (Å²) in [7, 11) is 0. The number of benzene rings is 1. The highest BCUT2D eigenvalue weighted by Crippen LogP contribution is 2.19. The summed E-state index contributed by atoms with van der Waals surface area (Å²) in [5.74, 6) is 1.45. The Morgan fingerprint density at radius 2 is 1.91 bits per heavy atom. The molecule has 0 bridgehead atoms. The zero-order chi connectivity index (χ0) is 16.5. The highest BCUT2D eigenvalue weighted by atomic mass is 16.5. The van der Waals surface area contributed by atoms with Crippen molar-refractivity contribution in [3.05, 3.63) is 48.2 Å². The van der Waals surface area contributed by atoms with E-state index in [2.05, 4.69) is 22.5 Å². The Bertz CT molecular complexity index is 609. The van der Waals surface area contributed by atoms with Crippen LogP contribution in [-0.4, -0.2) is 24.0 Å². The molecule has 1 heterocycles. The van der Waals surface area contributed by atoms with Gasteiger partial charge in [-0.3, -0.25) is 4.79 Å². The van der Waals surface area contributed by atoms with Gasteiger partial charge in [-0.05, 0) is 49.7 Å². The third-order valence-electron chi connectivity index (χ3n) is 3.28. The second kappa shape index (κ2) is 8.78. The van der Waals surface area contributed by atoms with Crippen LogP contribution in [0.25, 0.3) is 0 Å². The smallest absolute Gasteiger partial charge is 0.252 e. The van der Waals surface area contributed by atoms with Crippen molar-refractivity contribution in [2.45, 2.75) is 26.7 Å². The van der Waals surface area contributed by atoms with Crippen molar-refractivity contribution in [2.24, 2.45) is 0 Å². The average molecular weight is 313 g/mol. The fourth-order valence-electron chi connectivity index (χ4n) is 2.03. The summed E-state index contributed by atoms with van der Waals surface area (Å²) in [4.78, 5) is 16.2. The minimum Gasteiger partial charge on any atom is -0.494 e. The van der Waals surface area contributed by atoms with Crippen molar-refractivity contribution >= 4 is 17.4 Å². The van der Waals surface area contributed by atoms with Crippen molar-refractivity contribution in [1.29, 1.82) is 0 Å². The summed E-state index contributed by atoms with van der Waals surface area (Å²) in [5, 5.41) is 6.07. The summed E-state index contributed by atoms with van der Waals surface area (Å²) in [6.45, 7) is 5.39. The van der Waals surface area contributed by atoms with Gasteiger partial charge in [0.25, 0.3) is 5.91 Å². The summed E-state index contributed by atoms with van der Waals surface area (Å²) in [5.41, 5.74) is 1.49. The highest BCUT2D eigenvalue weighted by molar-refractivity contribution is 5.94. The molecule has 2 N–H and O–H groups in total. The van der Waals surface area contributed by atoms with Gasteiger partial charge in [0.1, 0.15) is 11.6 Å². The zero-order valence-corrected chi connectivity index (χ0v) is 13.6. The summed E-state index contributed by atoms with van der Waals surface area (Å²) in [6.07, 6.45) is 3.62. The van der Waals surface area contributed by atoms with Gasteiger partial charge in [-0.25, -0.2) is 4.98 Å². The lowest BCUT2D eigenvalue weighted by Gasteiger charge is -2.08. The zero-order valence-electron chi connectivity index (χ0n) is 13.6. The lowest BCUT2D eigenvalue weighted by Crippen LogP contribution is -2.24. The van der Waals surface area contributed by atoms with E-state index in [1.165, 1.54) is 0 Å². The Labute approximate surface area is 137 Å². The molecule has 23 heavy (non-hydrogen) atoms. The first-order valence-corrected chi connectivity index (χ1v) is 7.97. The Morgan fingerprint density at radius 3 is 2.52 bits per heavy atom. The monoisotopic (exact) mass is 313 g/mol. The number of aromatic nitrogens is 1. The van der Waals surface area contributed by atoms with E-state index in [1.54, 1.807) is 18.3 Å². The Hall–Kier alpha value is -2.56. The van der Waals surface area contributed by atoms with E-state index in [9.17, 15) is 4.79 Å². The van der Waals surface area contributed by atoms with Crippen molar-refractivity contribution in [2.75, 3.05) is 18.5 Å². The number of anilines is 2. The van der Waals surface area contributed by atoms with Gasteiger partial charge >= 0.3 is 0 Å². The Morgan fingerprint density at radius 1 is 1.13 bits per heavy atom. The number of amides is 1.